The number of oxime groups is 1. The molecule has 3 heterocycles. The standard InChI is InChI=1S/C38H70N2O13/c1-15-26-38(10,46)31(42)21(4)28(39-48-14)19(2)17-36(8,45)33(53-35-29(41)25(40(11)12)16-20(3)49-35)22(5)30(23(6)34(44)51-26)52-27-18-37(9,47-13)32(43)24(7)50-27/h19-27,29-33,35,41-43,45-46H,15-18H2,1-14H3/b39-28+/t19-,20-,21+,22+,23-,24+,25+,26-,27+,29-,30+,31-,32+,33-,35+,36?,37-,38-/m1/s1. The van der Waals surface area contributed by atoms with E-state index >= 15 is 0 Å². The summed E-state index contributed by atoms with van der Waals surface area (Å²) in [5.41, 5.74) is -4.30. The van der Waals surface area contributed by atoms with Gasteiger partial charge < -0.3 is 63.7 Å². The first-order valence-corrected chi connectivity index (χ1v) is 19.1. The second kappa shape index (κ2) is 18.2. The average molecular weight is 763 g/mol. The van der Waals surface area contributed by atoms with Gasteiger partial charge in [0.25, 0.3) is 0 Å². The Morgan fingerprint density at radius 2 is 1.53 bits per heavy atom. The fraction of sp³-hybridized carbons (Fsp3) is 0.947. The first-order chi connectivity index (χ1) is 24.5. The summed E-state index contributed by atoms with van der Waals surface area (Å²) in [5, 5.41) is 62.8. The van der Waals surface area contributed by atoms with E-state index in [0.717, 1.165) is 0 Å². The molecule has 0 spiro atoms. The zero-order valence-electron chi connectivity index (χ0n) is 34.4. The molecule has 0 radical (unpaired) electrons. The second-order valence-corrected chi connectivity index (χ2v) is 16.8. The van der Waals surface area contributed by atoms with Crippen molar-refractivity contribution in [3.05, 3.63) is 0 Å². The van der Waals surface area contributed by atoms with Crippen molar-refractivity contribution in [3.63, 3.8) is 0 Å². The molecule has 3 aliphatic rings. The molecule has 5 N–H and O–H groups in total. The predicted molar refractivity (Wildman–Crippen MR) is 196 cm³/mol. The fourth-order valence-corrected chi connectivity index (χ4v) is 8.70. The first-order valence-electron chi connectivity index (χ1n) is 19.1. The number of aliphatic hydroxyl groups is 5. The summed E-state index contributed by atoms with van der Waals surface area (Å²) >= 11 is 0. The molecule has 15 heteroatoms. The van der Waals surface area contributed by atoms with E-state index in [0.29, 0.717) is 12.1 Å². The molecule has 15 nitrogen and oxygen atoms in total. The molecule has 3 saturated heterocycles. The van der Waals surface area contributed by atoms with E-state index in [4.69, 9.17) is 33.3 Å². The number of ether oxygens (including phenoxy) is 6. The highest BCUT2D eigenvalue weighted by Crippen LogP contribution is 2.41. The number of nitrogens with zero attached hydrogens (tertiary/aromatic N) is 2. The molecule has 0 bridgehead atoms. The van der Waals surface area contributed by atoms with E-state index < -0.39 is 102 Å². The molecule has 0 aromatic heterocycles. The summed E-state index contributed by atoms with van der Waals surface area (Å²) in [4.78, 5) is 21.3. The third kappa shape index (κ3) is 10.1. The summed E-state index contributed by atoms with van der Waals surface area (Å²) in [6.45, 7) is 17.0. The highest BCUT2D eigenvalue weighted by Gasteiger charge is 2.53. The van der Waals surface area contributed by atoms with E-state index in [2.05, 4.69) is 5.16 Å². The fourth-order valence-electron chi connectivity index (χ4n) is 8.70. The third-order valence-corrected chi connectivity index (χ3v) is 12.1. The summed E-state index contributed by atoms with van der Waals surface area (Å²) in [7, 11) is 6.60. The van der Waals surface area contributed by atoms with Crippen molar-refractivity contribution in [2.24, 2.45) is 28.8 Å². The van der Waals surface area contributed by atoms with Gasteiger partial charge in [0, 0.05) is 37.3 Å². The monoisotopic (exact) mass is 762 g/mol. The predicted octanol–water partition coefficient (Wildman–Crippen LogP) is 2.22. The van der Waals surface area contributed by atoms with Crippen LogP contribution >= 0.6 is 0 Å². The number of carbonyl (C=O) groups excluding carboxylic acids is 1. The van der Waals surface area contributed by atoms with Crippen LogP contribution in [0, 0.1) is 23.7 Å². The van der Waals surface area contributed by atoms with Crippen LogP contribution in [-0.4, -0.2) is 155 Å². The molecule has 0 amide bonds. The number of aliphatic hydroxyl groups excluding tert-OH is 3. The van der Waals surface area contributed by atoms with E-state index in [-0.39, 0.29) is 31.4 Å². The van der Waals surface area contributed by atoms with Gasteiger partial charge in [0.05, 0.1) is 53.4 Å². The Bertz CT molecular complexity index is 1220. The lowest BCUT2D eigenvalue weighted by atomic mass is 9.73. The molecular formula is C38H70N2O13. The number of methoxy groups -OCH3 is 1. The van der Waals surface area contributed by atoms with Gasteiger partial charge in [0.1, 0.15) is 31.0 Å². The van der Waals surface area contributed by atoms with Gasteiger partial charge in [-0.3, -0.25) is 4.79 Å². The number of hydrogen-bond acceptors (Lipinski definition) is 15. The maximum absolute atomic E-state index is 14.2. The molecule has 0 aliphatic carbocycles. The Balaban J connectivity index is 2.23. The van der Waals surface area contributed by atoms with Crippen molar-refractivity contribution in [1.82, 2.24) is 4.90 Å². The number of cyclic esters (lactones) is 1. The lowest BCUT2D eigenvalue weighted by Gasteiger charge is -2.49. The first kappa shape index (κ1) is 45.9. The van der Waals surface area contributed by atoms with Crippen molar-refractivity contribution < 1.29 is 63.6 Å². The molecule has 3 aliphatic heterocycles. The number of hydrogen-bond donors (Lipinski definition) is 5. The van der Waals surface area contributed by atoms with Crippen molar-refractivity contribution in [3.8, 4) is 0 Å². The van der Waals surface area contributed by atoms with Crippen LogP contribution in [-0.2, 0) is 38.1 Å². The summed E-state index contributed by atoms with van der Waals surface area (Å²) in [5.74, 6) is -3.90. The van der Waals surface area contributed by atoms with Crippen LogP contribution in [0.3, 0.4) is 0 Å². The Hall–Kier alpha value is -1.50. The highest BCUT2D eigenvalue weighted by atomic mass is 16.7. The van der Waals surface area contributed by atoms with Crippen molar-refractivity contribution in [2.75, 3.05) is 28.3 Å². The minimum atomic E-state index is -1.91. The van der Waals surface area contributed by atoms with Gasteiger partial charge in [-0.05, 0) is 74.9 Å². The third-order valence-electron chi connectivity index (χ3n) is 12.1. The number of carbonyl (C=O) groups is 1. The molecule has 18 atom stereocenters. The molecule has 310 valence electrons. The topological polar surface area (TPSA) is 198 Å². The number of rotatable bonds is 8. The molecule has 1 unspecified atom stereocenters. The van der Waals surface area contributed by atoms with E-state index in [9.17, 15) is 30.3 Å². The lowest BCUT2D eigenvalue weighted by Crippen LogP contribution is -2.61. The Labute approximate surface area is 316 Å². The van der Waals surface area contributed by atoms with Crippen LogP contribution in [0.2, 0.25) is 0 Å². The number of esters is 1. The Kier molecular flexibility index (Phi) is 15.7. The van der Waals surface area contributed by atoms with Crippen LogP contribution < -0.4 is 0 Å². The molecule has 3 rings (SSSR count). The minimum Gasteiger partial charge on any atom is -0.459 e. The SMILES string of the molecule is CC[C@H]1OC(=O)[C@H](C)[C@@H](O[C@H]2C[C@@](C)(OC)[C@@H](O)[C@H](C)O2)[C@H](C)[C@@H](O[C@@H]2O[C@H](C)C[C@H](N(C)C)[C@H]2O)C(C)(O)C[C@@H](C)/C(=N\OC)[C@H](C)[C@@H](O)[C@]1(C)O. The summed E-state index contributed by atoms with van der Waals surface area (Å²) < 4.78 is 37.4. The number of likely N-dealkylation sites (N-methyl/N-ethyl adjacent to an activating group) is 1. The van der Waals surface area contributed by atoms with Gasteiger partial charge in [-0.1, -0.05) is 32.9 Å². The zero-order valence-corrected chi connectivity index (χ0v) is 34.4. The molecule has 0 aromatic rings. The van der Waals surface area contributed by atoms with Crippen LogP contribution in [0.1, 0.15) is 94.9 Å². The molecular weight excluding hydrogens is 692 g/mol. The quantitative estimate of drug-likeness (QED) is 0.178. The van der Waals surface area contributed by atoms with Gasteiger partial charge in [0.15, 0.2) is 12.6 Å². The smallest absolute Gasteiger partial charge is 0.311 e. The van der Waals surface area contributed by atoms with Crippen molar-refractivity contribution in [2.45, 2.75) is 179 Å². The normalized spacial score (nSPS) is 49.0. The van der Waals surface area contributed by atoms with E-state index in [1.807, 2.05) is 32.8 Å². The minimum absolute atomic E-state index is 0.0204. The van der Waals surface area contributed by atoms with Crippen LogP contribution in [0.25, 0.3) is 0 Å². The van der Waals surface area contributed by atoms with E-state index in [1.165, 1.54) is 21.1 Å². The molecule has 53 heavy (non-hydrogen) atoms. The van der Waals surface area contributed by atoms with Gasteiger partial charge in [-0.25, -0.2) is 0 Å². The van der Waals surface area contributed by atoms with E-state index in [1.54, 1.807) is 48.5 Å². The molecule has 0 aromatic carbocycles. The van der Waals surface area contributed by atoms with Crippen LogP contribution in [0.5, 0.6) is 0 Å². The molecule has 3 fully saturated rings. The van der Waals surface area contributed by atoms with Crippen molar-refractivity contribution in [1.29, 1.82) is 0 Å². The average Bonchev–Trinajstić information content (AvgIpc) is 3.08. The Morgan fingerprint density at radius 1 is 0.906 bits per heavy atom. The van der Waals surface area contributed by atoms with Gasteiger partial charge >= 0.3 is 5.97 Å². The summed E-state index contributed by atoms with van der Waals surface area (Å²) in [6.07, 6.45) is -9.08. The lowest BCUT2D eigenvalue weighted by molar-refractivity contribution is -0.317. The van der Waals surface area contributed by atoms with Gasteiger partial charge in [-0.15, -0.1) is 0 Å². The van der Waals surface area contributed by atoms with Gasteiger partial charge in [-0.2, -0.15) is 0 Å². The van der Waals surface area contributed by atoms with Gasteiger partial charge in [0.2, 0.25) is 0 Å². The van der Waals surface area contributed by atoms with Crippen molar-refractivity contribution >= 4 is 11.7 Å². The molecule has 0 saturated carbocycles. The maximum Gasteiger partial charge on any atom is 0.311 e. The zero-order chi connectivity index (χ0) is 40.4. The maximum atomic E-state index is 14.2. The largest absolute Gasteiger partial charge is 0.459 e. The van der Waals surface area contributed by atoms with Crippen LogP contribution in [0.15, 0.2) is 5.16 Å². The Morgan fingerprint density at radius 3 is 2.08 bits per heavy atom. The second-order valence-electron chi connectivity index (χ2n) is 16.8. The van der Waals surface area contributed by atoms with Crippen LogP contribution in [0.4, 0.5) is 0 Å². The summed E-state index contributed by atoms with van der Waals surface area (Å²) in [6, 6.07) is -0.306. The highest BCUT2D eigenvalue weighted by molar-refractivity contribution is 5.88.